The molecule has 21 heavy (non-hydrogen) atoms. The Balaban J connectivity index is 2.51. The monoisotopic (exact) mass is 390 g/mol. The molecule has 0 saturated heterocycles. The number of carboxylic acids is 1. The van der Waals surface area contributed by atoms with Gasteiger partial charge < -0.3 is 5.11 Å². The molecule has 2 rings (SSSR count). The predicted octanol–water partition coefficient (Wildman–Crippen LogP) is 3.02. The Kier molecular flexibility index (Phi) is 4.35. The topological polar surface area (TPSA) is 96.4 Å². The average Bonchev–Trinajstić information content (AvgIpc) is 2.76. The van der Waals surface area contributed by atoms with Gasteiger partial charge in [0, 0.05) is 9.85 Å². The Bertz CT molecular complexity index is 815. The van der Waals surface area contributed by atoms with Crippen LogP contribution in [0.4, 0.5) is 5.13 Å². The van der Waals surface area contributed by atoms with Crippen molar-refractivity contribution in [2.45, 2.75) is 18.7 Å². The van der Waals surface area contributed by atoms with Crippen LogP contribution in [0.1, 0.15) is 21.6 Å². The highest BCUT2D eigenvalue weighted by Crippen LogP contribution is 2.29. The number of hydrogen-bond donors (Lipinski definition) is 2. The van der Waals surface area contributed by atoms with E-state index in [1.165, 1.54) is 6.07 Å². The second-order valence-corrected chi connectivity index (χ2v) is 7.61. The number of thiazole rings is 1. The van der Waals surface area contributed by atoms with Crippen molar-refractivity contribution in [2.75, 3.05) is 4.72 Å². The fourth-order valence-electron chi connectivity index (χ4n) is 1.63. The minimum Gasteiger partial charge on any atom is -0.478 e. The van der Waals surface area contributed by atoms with Gasteiger partial charge >= 0.3 is 5.97 Å². The summed E-state index contributed by atoms with van der Waals surface area (Å²) in [6, 6.07) is 2.52. The van der Waals surface area contributed by atoms with Crippen LogP contribution in [0.3, 0.4) is 0 Å². The van der Waals surface area contributed by atoms with Crippen molar-refractivity contribution >= 4 is 48.4 Å². The Morgan fingerprint density at radius 3 is 2.57 bits per heavy atom. The van der Waals surface area contributed by atoms with E-state index in [1.807, 2.05) is 0 Å². The van der Waals surface area contributed by atoms with Gasteiger partial charge in [0.15, 0.2) is 5.13 Å². The largest absolute Gasteiger partial charge is 0.478 e. The second-order valence-electron chi connectivity index (χ2n) is 4.31. The SMILES string of the molecule is Cc1csc(NS(=O)(=O)c2cc(C(=O)O)cc(C)c2Br)n1. The highest BCUT2D eigenvalue weighted by Gasteiger charge is 2.22. The van der Waals surface area contributed by atoms with E-state index in [1.54, 1.807) is 19.2 Å². The molecule has 0 unspecified atom stereocenters. The lowest BCUT2D eigenvalue weighted by Crippen LogP contribution is -2.15. The number of sulfonamides is 1. The van der Waals surface area contributed by atoms with E-state index in [9.17, 15) is 13.2 Å². The molecule has 0 spiro atoms. The summed E-state index contributed by atoms with van der Waals surface area (Å²) < 4.78 is 27.5. The number of nitrogens with zero attached hydrogens (tertiary/aromatic N) is 1. The van der Waals surface area contributed by atoms with Gasteiger partial charge in [0.05, 0.1) is 11.3 Å². The first-order valence-corrected chi connectivity index (χ1v) is 8.84. The number of benzene rings is 1. The average molecular weight is 391 g/mol. The van der Waals surface area contributed by atoms with E-state index < -0.39 is 16.0 Å². The summed E-state index contributed by atoms with van der Waals surface area (Å²) in [5.41, 5.74) is 1.13. The molecule has 1 heterocycles. The number of aromatic carboxylic acids is 1. The smallest absolute Gasteiger partial charge is 0.335 e. The summed E-state index contributed by atoms with van der Waals surface area (Å²) in [5.74, 6) is -1.19. The number of anilines is 1. The van der Waals surface area contributed by atoms with Gasteiger partial charge in [-0.2, -0.15) is 0 Å². The molecule has 0 saturated carbocycles. The van der Waals surface area contributed by atoms with E-state index in [2.05, 4.69) is 25.6 Å². The van der Waals surface area contributed by atoms with Crippen molar-refractivity contribution in [3.05, 3.63) is 38.8 Å². The van der Waals surface area contributed by atoms with Crippen LogP contribution in [0.5, 0.6) is 0 Å². The van der Waals surface area contributed by atoms with Crippen molar-refractivity contribution < 1.29 is 18.3 Å². The zero-order valence-electron chi connectivity index (χ0n) is 11.0. The summed E-state index contributed by atoms with van der Waals surface area (Å²) in [5, 5.41) is 11.0. The second kappa shape index (κ2) is 5.74. The van der Waals surface area contributed by atoms with Crippen LogP contribution in [0.25, 0.3) is 0 Å². The van der Waals surface area contributed by atoms with Gasteiger partial charge in [-0.15, -0.1) is 11.3 Å². The van der Waals surface area contributed by atoms with Crippen molar-refractivity contribution in [3.63, 3.8) is 0 Å². The van der Waals surface area contributed by atoms with Crippen molar-refractivity contribution in [2.24, 2.45) is 0 Å². The number of carboxylic acid groups (broad SMARTS) is 1. The van der Waals surface area contributed by atoms with Gasteiger partial charge in [-0.3, -0.25) is 4.72 Å². The molecule has 0 aliphatic heterocycles. The first-order chi connectivity index (χ1) is 9.70. The molecule has 6 nitrogen and oxygen atoms in total. The Morgan fingerprint density at radius 1 is 1.38 bits per heavy atom. The van der Waals surface area contributed by atoms with Crippen LogP contribution in [0, 0.1) is 13.8 Å². The standard InChI is InChI=1S/C12H11BrN2O4S2/c1-6-3-8(11(16)17)4-9(10(6)13)21(18,19)15-12-14-7(2)5-20-12/h3-5H,1-2H3,(H,14,15)(H,16,17). The number of aromatic nitrogens is 1. The number of rotatable bonds is 4. The van der Waals surface area contributed by atoms with E-state index in [0.717, 1.165) is 17.4 Å². The number of carbonyl (C=O) groups is 1. The molecule has 0 aliphatic rings. The quantitative estimate of drug-likeness (QED) is 0.835. The molecule has 0 aliphatic carbocycles. The van der Waals surface area contributed by atoms with Crippen LogP contribution < -0.4 is 4.72 Å². The summed E-state index contributed by atoms with van der Waals surface area (Å²) in [6.07, 6.45) is 0. The highest BCUT2D eigenvalue weighted by atomic mass is 79.9. The summed E-state index contributed by atoms with van der Waals surface area (Å²) in [4.78, 5) is 15.0. The van der Waals surface area contributed by atoms with Crippen LogP contribution in [-0.4, -0.2) is 24.5 Å². The van der Waals surface area contributed by atoms with Gasteiger partial charge in [0.2, 0.25) is 0 Å². The molecular formula is C12H11BrN2O4S2. The minimum absolute atomic E-state index is 0.0913. The van der Waals surface area contributed by atoms with Crippen LogP contribution >= 0.6 is 27.3 Å². The van der Waals surface area contributed by atoms with Crippen molar-refractivity contribution in [3.8, 4) is 0 Å². The highest BCUT2D eigenvalue weighted by molar-refractivity contribution is 9.10. The Hall–Kier alpha value is -1.45. The van der Waals surface area contributed by atoms with E-state index in [4.69, 9.17) is 5.11 Å². The van der Waals surface area contributed by atoms with Crippen LogP contribution in [0.2, 0.25) is 0 Å². The zero-order valence-corrected chi connectivity index (χ0v) is 14.3. The first-order valence-electron chi connectivity index (χ1n) is 5.69. The number of nitrogens with one attached hydrogen (secondary N) is 1. The molecule has 2 aromatic rings. The normalized spacial score (nSPS) is 11.4. The Labute approximate surface area is 134 Å². The fourth-order valence-corrected chi connectivity index (χ4v) is 4.61. The molecule has 0 fully saturated rings. The lowest BCUT2D eigenvalue weighted by molar-refractivity contribution is 0.0696. The first kappa shape index (κ1) is 15.9. The van der Waals surface area contributed by atoms with Crippen LogP contribution in [0.15, 0.2) is 26.9 Å². The fraction of sp³-hybridized carbons (Fsp3) is 0.167. The van der Waals surface area contributed by atoms with Gasteiger partial charge in [-0.25, -0.2) is 18.2 Å². The van der Waals surface area contributed by atoms with Gasteiger partial charge in [0.25, 0.3) is 10.0 Å². The van der Waals surface area contributed by atoms with Gasteiger partial charge in [-0.05, 0) is 47.5 Å². The zero-order chi connectivity index (χ0) is 15.8. The molecule has 1 aromatic heterocycles. The third-order valence-electron chi connectivity index (χ3n) is 2.60. The Morgan fingerprint density at radius 2 is 2.05 bits per heavy atom. The number of hydrogen-bond acceptors (Lipinski definition) is 5. The molecule has 0 atom stereocenters. The molecule has 0 bridgehead atoms. The lowest BCUT2D eigenvalue weighted by atomic mass is 10.1. The molecule has 1 aromatic carbocycles. The van der Waals surface area contributed by atoms with Crippen molar-refractivity contribution in [1.29, 1.82) is 0 Å². The maximum Gasteiger partial charge on any atom is 0.335 e. The lowest BCUT2D eigenvalue weighted by Gasteiger charge is -2.10. The number of halogens is 1. The van der Waals surface area contributed by atoms with Crippen LogP contribution in [-0.2, 0) is 10.0 Å². The predicted molar refractivity (Wildman–Crippen MR) is 83.5 cm³/mol. The van der Waals surface area contributed by atoms with E-state index >= 15 is 0 Å². The molecule has 112 valence electrons. The third-order valence-corrected chi connectivity index (χ3v) is 6.28. The molecule has 0 radical (unpaired) electrons. The van der Waals surface area contributed by atoms with Gasteiger partial charge in [0.1, 0.15) is 4.90 Å². The minimum atomic E-state index is -3.92. The molecular weight excluding hydrogens is 380 g/mol. The maximum absolute atomic E-state index is 12.4. The van der Waals surface area contributed by atoms with Crippen molar-refractivity contribution in [1.82, 2.24) is 4.98 Å². The summed E-state index contributed by atoms with van der Waals surface area (Å²) in [6.45, 7) is 3.38. The summed E-state index contributed by atoms with van der Waals surface area (Å²) in [7, 11) is -3.92. The number of aryl methyl sites for hydroxylation is 2. The van der Waals surface area contributed by atoms with E-state index in [0.29, 0.717) is 15.7 Å². The van der Waals surface area contributed by atoms with E-state index in [-0.39, 0.29) is 15.6 Å². The summed E-state index contributed by atoms with van der Waals surface area (Å²) >= 11 is 4.35. The molecule has 2 N–H and O–H groups in total. The molecule has 9 heteroatoms. The molecule has 0 amide bonds. The maximum atomic E-state index is 12.4. The van der Waals surface area contributed by atoms with Gasteiger partial charge in [-0.1, -0.05) is 0 Å². The third kappa shape index (κ3) is 3.42.